The van der Waals surface area contributed by atoms with Gasteiger partial charge in [-0.1, -0.05) is 35.3 Å². The van der Waals surface area contributed by atoms with Crippen molar-refractivity contribution >= 4 is 35.6 Å². The summed E-state index contributed by atoms with van der Waals surface area (Å²) in [6.07, 6.45) is 2.52. The summed E-state index contributed by atoms with van der Waals surface area (Å²) < 4.78 is 0. The molecule has 2 N–H and O–H groups in total. The lowest BCUT2D eigenvalue weighted by molar-refractivity contribution is 0.742. The van der Waals surface area contributed by atoms with Gasteiger partial charge in [0.2, 0.25) is 0 Å². The number of benzene rings is 1. The highest BCUT2D eigenvalue weighted by Crippen LogP contribution is 2.25. The Morgan fingerprint density at radius 1 is 1.36 bits per heavy atom. The Morgan fingerprint density at radius 3 is 2.50 bits per heavy atom. The average Bonchev–Trinajstić information content (AvgIpc) is 2.10. The van der Waals surface area contributed by atoms with Gasteiger partial charge in [-0.2, -0.15) is 0 Å². The van der Waals surface area contributed by atoms with E-state index in [1.54, 1.807) is 18.2 Å². The van der Waals surface area contributed by atoms with E-state index in [2.05, 4.69) is 6.58 Å². The zero-order valence-electron chi connectivity index (χ0n) is 7.54. The lowest BCUT2D eigenvalue weighted by atomic mass is 10.1. The minimum absolute atomic E-state index is 0. The van der Waals surface area contributed by atoms with Gasteiger partial charge in [-0.15, -0.1) is 19.0 Å². The minimum Gasteiger partial charge on any atom is -0.324 e. The van der Waals surface area contributed by atoms with Crippen LogP contribution in [0.4, 0.5) is 0 Å². The Kier molecular flexibility index (Phi) is 6.21. The van der Waals surface area contributed by atoms with E-state index in [1.807, 2.05) is 6.07 Å². The second-order valence-electron chi connectivity index (χ2n) is 2.80. The van der Waals surface area contributed by atoms with E-state index in [0.717, 1.165) is 12.0 Å². The SMILES string of the molecule is C=CC[C@H](N)c1ccc(Cl)c(Cl)c1.Cl. The maximum Gasteiger partial charge on any atom is 0.0595 e. The van der Waals surface area contributed by atoms with Gasteiger partial charge in [0.05, 0.1) is 10.0 Å². The van der Waals surface area contributed by atoms with Crippen LogP contribution in [0.1, 0.15) is 18.0 Å². The van der Waals surface area contributed by atoms with Crippen molar-refractivity contribution < 1.29 is 0 Å². The van der Waals surface area contributed by atoms with Gasteiger partial charge in [-0.3, -0.25) is 0 Å². The van der Waals surface area contributed by atoms with Crippen molar-refractivity contribution in [2.75, 3.05) is 0 Å². The molecule has 0 aliphatic rings. The van der Waals surface area contributed by atoms with E-state index in [9.17, 15) is 0 Å². The molecule has 0 heterocycles. The van der Waals surface area contributed by atoms with Crippen LogP contribution in [-0.2, 0) is 0 Å². The zero-order valence-corrected chi connectivity index (χ0v) is 9.87. The molecule has 4 heteroatoms. The number of nitrogens with two attached hydrogens (primary N) is 1. The average molecular weight is 253 g/mol. The first kappa shape index (κ1) is 13.8. The van der Waals surface area contributed by atoms with Crippen LogP contribution >= 0.6 is 35.6 Å². The molecule has 14 heavy (non-hydrogen) atoms. The van der Waals surface area contributed by atoms with E-state index >= 15 is 0 Å². The van der Waals surface area contributed by atoms with Crippen LogP contribution in [0.3, 0.4) is 0 Å². The van der Waals surface area contributed by atoms with E-state index in [1.165, 1.54) is 0 Å². The highest BCUT2D eigenvalue weighted by atomic mass is 35.5. The van der Waals surface area contributed by atoms with Crippen LogP contribution < -0.4 is 5.73 Å². The summed E-state index contributed by atoms with van der Waals surface area (Å²) in [5.74, 6) is 0. The van der Waals surface area contributed by atoms with Crippen LogP contribution in [0.2, 0.25) is 10.0 Å². The van der Waals surface area contributed by atoms with E-state index in [4.69, 9.17) is 28.9 Å². The Bertz CT molecular complexity index is 312. The standard InChI is InChI=1S/C10H11Cl2N.ClH/c1-2-3-10(13)7-4-5-8(11)9(12)6-7;/h2,4-6,10H,1,3,13H2;1H/t10-;/m0./s1. The Hall–Kier alpha value is -0.210. The molecule has 0 bridgehead atoms. The van der Waals surface area contributed by atoms with Crippen molar-refractivity contribution in [3.8, 4) is 0 Å². The van der Waals surface area contributed by atoms with Crippen LogP contribution in [0, 0.1) is 0 Å². The van der Waals surface area contributed by atoms with Crippen LogP contribution in [0.5, 0.6) is 0 Å². The first-order valence-corrected chi connectivity index (χ1v) is 4.72. The molecule has 0 unspecified atom stereocenters. The number of hydrogen-bond donors (Lipinski definition) is 1. The highest BCUT2D eigenvalue weighted by Gasteiger charge is 2.05. The summed E-state index contributed by atoms with van der Waals surface area (Å²) in [7, 11) is 0. The first-order chi connectivity index (χ1) is 6.15. The lowest BCUT2D eigenvalue weighted by Gasteiger charge is -2.09. The maximum atomic E-state index is 5.85. The fraction of sp³-hybridized carbons (Fsp3) is 0.200. The number of rotatable bonds is 3. The summed E-state index contributed by atoms with van der Waals surface area (Å²) >= 11 is 11.6. The van der Waals surface area contributed by atoms with Crippen molar-refractivity contribution in [2.45, 2.75) is 12.5 Å². The molecule has 0 aliphatic heterocycles. The third kappa shape index (κ3) is 3.50. The van der Waals surface area contributed by atoms with Crippen LogP contribution in [0.15, 0.2) is 30.9 Å². The molecule has 0 fully saturated rings. The largest absolute Gasteiger partial charge is 0.324 e. The lowest BCUT2D eigenvalue weighted by Crippen LogP contribution is -2.08. The number of halogens is 3. The smallest absolute Gasteiger partial charge is 0.0595 e. The second kappa shape index (κ2) is 6.31. The van der Waals surface area contributed by atoms with E-state index in [0.29, 0.717) is 10.0 Å². The predicted octanol–water partition coefficient (Wildman–Crippen LogP) is 3.99. The molecule has 1 rings (SSSR count). The van der Waals surface area contributed by atoms with Crippen molar-refractivity contribution in [2.24, 2.45) is 5.73 Å². The number of hydrogen-bond acceptors (Lipinski definition) is 1. The molecule has 0 amide bonds. The molecular formula is C10H12Cl3N. The van der Waals surface area contributed by atoms with Crippen molar-refractivity contribution in [1.82, 2.24) is 0 Å². The van der Waals surface area contributed by atoms with Gasteiger partial charge >= 0.3 is 0 Å². The molecule has 0 saturated heterocycles. The molecule has 1 aromatic rings. The molecule has 0 radical (unpaired) electrons. The third-order valence-electron chi connectivity index (χ3n) is 1.79. The van der Waals surface area contributed by atoms with Crippen LogP contribution in [-0.4, -0.2) is 0 Å². The van der Waals surface area contributed by atoms with Gasteiger partial charge in [0.15, 0.2) is 0 Å². The summed E-state index contributed by atoms with van der Waals surface area (Å²) in [4.78, 5) is 0. The molecular weight excluding hydrogens is 240 g/mol. The summed E-state index contributed by atoms with van der Waals surface area (Å²) in [5.41, 5.74) is 6.83. The van der Waals surface area contributed by atoms with Gasteiger partial charge in [0.25, 0.3) is 0 Å². The minimum atomic E-state index is -0.0488. The van der Waals surface area contributed by atoms with E-state index < -0.39 is 0 Å². The topological polar surface area (TPSA) is 26.0 Å². The highest BCUT2D eigenvalue weighted by molar-refractivity contribution is 6.42. The molecule has 0 aromatic heterocycles. The van der Waals surface area contributed by atoms with E-state index in [-0.39, 0.29) is 18.4 Å². The van der Waals surface area contributed by atoms with Crippen molar-refractivity contribution in [3.05, 3.63) is 46.5 Å². The fourth-order valence-corrected chi connectivity index (χ4v) is 1.37. The molecule has 1 aromatic carbocycles. The summed E-state index contributed by atoms with van der Waals surface area (Å²) in [5, 5.41) is 1.09. The molecule has 78 valence electrons. The molecule has 0 aliphatic carbocycles. The molecule has 1 nitrogen and oxygen atoms in total. The predicted molar refractivity (Wildman–Crippen MR) is 65.5 cm³/mol. The molecule has 0 spiro atoms. The Morgan fingerprint density at radius 2 is 2.00 bits per heavy atom. The molecule has 0 saturated carbocycles. The normalized spacial score (nSPS) is 11.6. The van der Waals surface area contributed by atoms with Crippen molar-refractivity contribution in [1.29, 1.82) is 0 Å². The van der Waals surface area contributed by atoms with Gasteiger partial charge in [0.1, 0.15) is 0 Å². The Labute approximate surface area is 100 Å². The van der Waals surface area contributed by atoms with Gasteiger partial charge in [-0.05, 0) is 24.1 Å². The molecule has 1 atom stereocenters. The monoisotopic (exact) mass is 251 g/mol. The maximum absolute atomic E-state index is 5.85. The first-order valence-electron chi connectivity index (χ1n) is 3.96. The quantitative estimate of drug-likeness (QED) is 0.809. The summed E-state index contributed by atoms with van der Waals surface area (Å²) in [6, 6.07) is 5.37. The fourth-order valence-electron chi connectivity index (χ4n) is 1.06. The van der Waals surface area contributed by atoms with Gasteiger partial charge < -0.3 is 5.73 Å². The zero-order chi connectivity index (χ0) is 9.84. The Balaban J connectivity index is 0.00000169. The summed E-state index contributed by atoms with van der Waals surface area (Å²) in [6.45, 7) is 3.63. The second-order valence-corrected chi connectivity index (χ2v) is 3.62. The van der Waals surface area contributed by atoms with Gasteiger partial charge in [-0.25, -0.2) is 0 Å². The third-order valence-corrected chi connectivity index (χ3v) is 2.53. The van der Waals surface area contributed by atoms with Crippen molar-refractivity contribution in [3.63, 3.8) is 0 Å². The van der Waals surface area contributed by atoms with Gasteiger partial charge in [0, 0.05) is 6.04 Å². The van der Waals surface area contributed by atoms with Crippen LogP contribution in [0.25, 0.3) is 0 Å².